The van der Waals surface area contributed by atoms with Crippen molar-refractivity contribution in [3.63, 3.8) is 0 Å². The van der Waals surface area contributed by atoms with Crippen LogP contribution in [0.15, 0.2) is 24.4 Å². The lowest BCUT2D eigenvalue weighted by molar-refractivity contribution is -0.0687. The Kier molecular flexibility index (Phi) is 3.52. The Hall–Kier alpha value is -2.31. The molecule has 4 rings (SSSR count). The molecule has 0 spiro atoms. The number of ether oxygens (including phenoxy) is 1. The molecule has 2 bridgehead atoms. The van der Waals surface area contributed by atoms with Gasteiger partial charge in [-0.2, -0.15) is 5.10 Å². The quantitative estimate of drug-likeness (QED) is 0.755. The Labute approximate surface area is 149 Å². The number of fused-ring (bicyclic) bond motifs is 5. The van der Waals surface area contributed by atoms with Gasteiger partial charge in [0.2, 0.25) is 0 Å². The van der Waals surface area contributed by atoms with Crippen LogP contribution in [0.2, 0.25) is 0 Å². The van der Waals surface area contributed by atoms with E-state index in [-0.39, 0.29) is 11.5 Å². The minimum Gasteiger partial charge on any atom is -0.450 e. The van der Waals surface area contributed by atoms with Gasteiger partial charge in [-0.05, 0) is 36.5 Å². The first-order valence-corrected chi connectivity index (χ1v) is 8.52. The van der Waals surface area contributed by atoms with Crippen molar-refractivity contribution in [2.24, 2.45) is 12.5 Å². The predicted octanol–water partition coefficient (Wildman–Crippen LogP) is 4.47. The third kappa shape index (κ3) is 2.09. The molecular formula is C19H19F3N2O2. The summed E-state index contributed by atoms with van der Waals surface area (Å²) < 4.78 is 47.4. The molecule has 2 aromatic rings. The fourth-order valence-corrected chi connectivity index (χ4v) is 4.80. The number of hydrogen-bond donors (Lipinski definition) is 0. The van der Waals surface area contributed by atoms with Crippen LogP contribution in [-0.2, 0) is 17.4 Å². The number of halogens is 3. The topological polar surface area (TPSA) is 44.1 Å². The van der Waals surface area contributed by atoms with Gasteiger partial charge in [0.15, 0.2) is 0 Å². The smallest absolute Gasteiger partial charge is 0.342 e. The number of hydrogen-bond acceptors (Lipinski definition) is 3. The number of carbonyl (C=O) groups excluding carboxylic acids is 1. The molecule has 0 radical (unpaired) electrons. The fraction of sp³-hybridized carbons (Fsp3) is 0.474. The first-order chi connectivity index (χ1) is 12.2. The van der Waals surface area contributed by atoms with Crippen LogP contribution in [-0.4, -0.2) is 15.7 Å². The number of aromatic nitrogens is 2. The number of carbonyl (C=O) groups is 1. The van der Waals surface area contributed by atoms with Crippen LogP contribution in [0.25, 0.3) is 0 Å². The number of benzene rings is 1. The zero-order valence-corrected chi connectivity index (χ0v) is 14.7. The first kappa shape index (κ1) is 17.1. The Morgan fingerprint density at radius 3 is 2.81 bits per heavy atom. The maximum absolute atomic E-state index is 13.9. The summed E-state index contributed by atoms with van der Waals surface area (Å²) in [6.45, 7) is 3.96. The number of rotatable bonds is 3. The molecule has 2 aliphatic rings. The molecule has 1 fully saturated rings. The molecule has 2 unspecified atom stereocenters. The van der Waals surface area contributed by atoms with Gasteiger partial charge in [-0.1, -0.05) is 19.9 Å². The van der Waals surface area contributed by atoms with Crippen molar-refractivity contribution in [2.45, 2.75) is 44.6 Å². The van der Waals surface area contributed by atoms with E-state index >= 15 is 0 Å². The Balaban J connectivity index is 1.78. The highest BCUT2D eigenvalue weighted by Gasteiger charge is 2.65. The highest BCUT2D eigenvalue weighted by atomic mass is 19.3. The molecule has 2 atom stereocenters. The molecule has 0 amide bonds. The summed E-state index contributed by atoms with van der Waals surface area (Å²) in [6.07, 6.45) is -0.305. The van der Waals surface area contributed by atoms with Gasteiger partial charge in [0.1, 0.15) is 22.7 Å². The lowest BCUT2D eigenvalue weighted by atomic mass is 9.76. The first-order valence-electron chi connectivity index (χ1n) is 8.52. The third-order valence-corrected chi connectivity index (χ3v) is 6.07. The largest absolute Gasteiger partial charge is 0.450 e. The van der Waals surface area contributed by atoms with Crippen molar-refractivity contribution in [1.29, 1.82) is 0 Å². The molecule has 1 aromatic heterocycles. The van der Waals surface area contributed by atoms with Gasteiger partial charge >= 0.3 is 5.97 Å². The molecule has 0 aliphatic heterocycles. The van der Waals surface area contributed by atoms with E-state index in [0.717, 1.165) is 12.0 Å². The van der Waals surface area contributed by atoms with Crippen LogP contribution in [0.4, 0.5) is 13.2 Å². The normalized spacial score (nSPS) is 25.6. The van der Waals surface area contributed by atoms with Crippen LogP contribution in [0.5, 0.6) is 0 Å². The van der Waals surface area contributed by atoms with Gasteiger partial charge in [0, 0.05) is 24.2 Å². The Bertz CT molecular complexity index is 906. The molecular weight excluding hydrogens is 345 g/mol. The fourth-order valence-electron chi connectivity index (χ4n) is 4.80. The van der Waals surface area contributed by atoms with Gasteiger partial charge in [-0.3, -0.25) is 4.68 Å². The molecule has 0 saturated heterocycles. The van der Waals surface area contributed by atoms with E-state index in [1.54, 1.807) is 6.07 Å². The van der Waals surface area contributed by atoms with Crippen molar-refractivity contribution >= 4 is 5.97 Å². The molecule has 2 aliphatic carbocycles. The Morgan fingerprint density at radius 2 is 2.12 bits per heavy atom. The van der Waals surface area contributed by atoms with E-state index < -0.39 is 34.9 Å². The average Bonchev–Trinajstić information content (AvgIpc) is 3.12. The molecule has 7 heteroatoms. The SMILES string of the molecule is Cn1cc(C(=O)OC23CCC(c4ccc(F)cc42)C3(C)C)c(C(F)F)n1. The van der Waals surface area contributed by atoms with Gasteiger partial charge in [-0.25, -0.2) is 18.0 Å². The van der Waals surface area contributed by atoms with Crippen LogP contribution >= 0.6 is 0 Å². The summed E-state index contributed by atoms with van der Waals surface area (Å²) in [7, 11) is 1.47. The molecule has 1 saturated carbocycles. The predicted molar refractivity (Wildman–Crippen MR) is 87.4 cm³/mol. The zero-order valence-electron chi connectivity index (χ0n) is 14.7. The average molecular weight is 364 g/mol. The summed E-state index contributed by atoms with van der Waals surface area (Å²) in [5.41, 5.74) is -0.710. The highest BCUT2D eigenvalue weighted by Crippen LogP contribution is 2.68. The molecule has 26 heavy (non-hydrogen) atoms. The number of aryl methyl sites for hydroxylation is 1. The van der Waals surface area contributed by atoms with E-state index in [1.807, 2.05) is 13.8 Å². The monoisotopic (exact) mass is 364 g/mol. The lowest BCUT2D eigenvalue weighted by Crippen LogP contribution is -2.39. The van der Waals surface area contributed by atoms with Crippen LogP contribution < -0.4 is 0 Å². The van der Waals surface area contributed by atoms with Gasteiger partial charge < -0.3 is 4.74 Å². The summed E-state index contributed by atoms with van der Waals surface area (Å²) in [6, 6.07) is 4.54. The minimum atomic E-state index is -2.88. The maximum Gasteiger partial charge on any atom is 0.342 e. The second-order valence-corrected chi connectivity index (χ2v) is 7.66. The summed E-state index contributed by atoms with van der Waals surface area (Å²) in [5.74, 6) is -1.12. The summed E-state index contributed by atoms with van der Waals surface area (Å²) >= 11 is 0. The van der Waals surface area contributed by atoms with E-state index in [1.165, 1.54) is 30.1 Å². The minimum absolute atomic E-state index is 0.134. The maximum atomic E-state index is 13.9. The lowest BCUT2D eigenvalue weighted by Gasteiger charge is -2.38. The van der Waals surface area contributed by atoms with E-state index in [4.69, 9.17) is 4.74 Å². The molecule has 0 N–H and O–H groups in total. The van der Waals surface area contributed by atoms with E-state index in [2.05, 4.69) is 5.10 Å². The summed E-state index contributed by atoms with van der Waals surface area (Å²) in [4.78, 5) is 12.8. The number of alkyl halides is 2. The third-order valence-electron chi connectivity index (χ3n) is 6.07. The molecule has 1 heterocycles. The van der Waals surface area contributed by atoms with Crippen molar-refractivity contribution in [1.82, 2.24) is 9.78 Å². The van der Waals surface area contributed by atoms with Crippen molar-refractivity contribution in [3.05, 3.63) is 52.6 Å². The van der Waals surface area contributed by atoms with Gasteiger partial charge in [-0.15, -0.1) is 0 Å². The zero-order chi connectivity index (χ0) is 18.9. The van der Waals surface area contributed by atoms with E-state index in [9.17, 15) is 18.0 Å². The van der Waals surface area contributed by atoms with Gasteiger partial charge in [0.25, 0.3) is 6.43 Å². The second-order valence-electron chi connectivity index (χ2n) is 7.66. The number of esters is 1. The van der Waals surface area contributed by atoms with Crippen molar-refractivity contribution in [2.75, 3.05) is 0 Å². The van der Waals surface area contributed by atoms with Crippen LogP contribution in [0, 0.1) is 11.2 Å². The molecule has 4 nitrogen and oxygen atoms in total. The van der Waals surface area contributed by atoms with Gasteiger partial charge in [0.05, 0.1) is 0 Å². The van der Waals surface area contributed by atoms with Crippen molar-refractivity contribution in [3.8, 4) is 0 Å². The number of nitrogens with zero attached hydrogens (tertiary/aromatic N) is 2. The molecule has 138 valence electrons. The highest BCUT2D eigenvalue weighted by molar-refractivity contribution is 5.91. The molecule has 1 aromatic carbocycles. The van der Waals surface area contributed by atoms with Crippen molar-refractivity contribution < 1.29 is 22.7 Å². The van der Waals surface area contributed by atoms with Crippen LogP contribution in [0.1, 0.15) is 66.2 Å². The van der Waals surface area contributed by atoms with E-state index in [0.29, 0.717) is 12.0 Å². The summed E-state index contributed by atoms with van der Waals surface area (Å²) in [5, 5.41) is 3.67. The Morgan fingerprint density at radius 1 is 1.38 bits per heavy atom. The second kappa shape index (κ2) is 5.34. The van der Waals surface area contributed by atoms with Crippen LogP contribution in [0.3, 0.4) is 0 Å². The standard InChI is InChI=1S/C19H19F3N2O2/c1-18(2)13-6-7-19(18,14-8-10(20)4-5-11(13)14)26-17(25)12-9-24(3)23-15(12)16(21)22/h4-5,8-9,13,16H,6-7H2,1-3H3.